The van der Waals surface area contributed by atoms with Crippen molar-refractivity contribution in [2.75, 3.05) is 6.61 Å². The molecule has 3 nitrogen and oxygen atoms in total. The van der Waals surface area contributed by atoms with E-state index in [1.165, 1.54) is 16.7 Å². The normalized spacial score (nSPS) is 15.1. The lowest BCUT2D eigenvalue weighted by molar-refractivity contribution is 0.281. The van der Waals surface area contributed by atoms with E-state index in [2.05, 4.69) is 47.9 Å². The van der Waals surface area contributed by atoms with Gasteiger partial charge in [-0.05, 0) is 36.8 Å². The topological polar surface area (TPSA) is 47.3 Å². The van der Waals surface area contributed by atoms with Gasteiger partial charge in [0.25, 0.3) is 0 Å². The Balaban J connectivity index is 1.77. The summed E-state index contributed by atoms with van der Waals surface area (Å²) < 4.78 is 5.89. The summed E-state index contributed by atoms with van der Waals surface area (Å²) in [6.45, 7) is 0.806. The maximum atomic E-state index is 5.89. The van der Waals surface area contributed by atoms with Gasteiger partial charge in [-0.3, -0.25) is 11.3 Å². The van der Waals surface area contributed by atoms with E-state index >= 15 is 0 Å². The van der Waals surface area contributed by atoms with Crippen LogP contribution in [0.1, 0.15) is 35.6 Å². The number of rotatable bonds is 5. The van der Waals surface area contributed by atoms with Crippen molar-refractivity contribution in [3.63, 3.8) is 0 Å². The lowest BCUT2D eigenvalue weighted by Gasteiger charge is -2.25. The molecule has 3 heteroatoms. The second kappa shape index (κ2) is 6.74. The van der Waals surface area contributed by atoms with Gasteiger partial charge in [-0.2, -0.15) is 0 Å². The van der Waals surface area contributed by atoms with E-state index < -0.39 is 0 Å². The van der Waals surface area contributed by atoms with Gasteiger partial charge in [0.1, 0.15) is 5.75 Å². The third kappa shape index (κ3) is 3.26. The van der Waals surface area contributed by atoms with Crippen molar-refractivity contribution in [3.05, 3.63) is 65.2 Å². The smallest absolute Gasteiger partial charge is 0.127 e. The standard InChI is InChI=1S/C18H22N2O/c19-20-17(12-11-14-6-2-1-3-7-14)16-10-4-8-15-9-5-13-21-18(15)16/h1-4,6-8,10,17,20H,5,9,11-13,19H2. The zero-order chi connectivity index (χ0) is 14.5. The number of para-hydroxylation sites is 1. The molecule has 110 valence electrons. The molecule has 0 radical (unpaired) electrons. The molecule has 21 heavy (non-hydrogen) atoms. The second-order valence-corrected chi connectivity index (χ2v) is 5.53. The lowest BCUT2D eigenvalue weighted by atomic mass is 9.94. The van der Waals surface area contributed by atoms with Gasteiger partial charge >= 0.3 is 0 Å². The van der Waals surface area contributed by atoms with Gasteiger partial charge < -0.3 is 4.74 Å². The molecule has 3 N–H and O–H groups in total. The van der Waals surface area contributed by atoms with E-state index in [0.29, 0.717) is 0 Å². The first-order valence-corrected chi connectivity index (χ1v) is 7.63. The highest BCUT2D eigenvalue weighted by Crippen LogP contribution is 2.34. The summed E-state index contributed by atoms with van der Waals surface area (Å²) in [7, 11) is 0. The van der Waals surface area contributed by atoms with E-state index in [1.54, 1.807) is 0 Å². The maximum Gasteiger partial charge on any atom is 0.127 e. The number of benzene rings is 2. The summed E-state index contributed by atoms with van der Waals surface area (Å²) in [6, 6.07) is 17.0. The highest BCUT2D eigenvalue weighted by molar-refractivity contribution is 5.44. The number of hydrazine groups is 1. The molecule has 0 saturated heterocycles. The average molecular weight is 282 g/mol. The molecule has 0 spiro atoms. The van der Waals surface area contributed by atoms with Crippen LogP contribution >= 0.6 is 0 Å². The Bertz CT molecular complexity index is 583. The minimum absolute atomic E-state index is 0.123. The first-order valence-electron chi connectivity index (χ1n) is 7.63. The molecule has 3 rings (SSSR count). The molecule has 1 heterocycles. The molecule has 0 saturated carbocycles. The van der Waals surface area contributed by atoms with Crippen LogP contribution in [-0.4, -0.2) is 6.61 Å². The molecule has 1 unspecified atom stereocenters. The van der Waals surface area contributed by atoms with Crippen LogP contribution < -0.4 is 16.0 Å². The van der Waals surface area contributed by atoms with Gasteiger partial charge in [0.05, 0.1) is 6.61 Å². The molecular formula is C18H22N2O. The Labute approximate surface area is 126 Å². The molecule has 1 aliphatic heterocycles. The number of aryl methyl sites for hydroxylation is 2. The molecule has 0 bridgehead atoms. The summed E-state index contributed by atoms with van der Waals surface area (Å²) in [6.07, 6.45) is 4.15. The van der Waals surface area contributed by atoms with Gasteiger partial charge in [0, 0.05) is 11.6 Å². The molecule has 1 atom stereocenters. The van der Waals surface area contributed by atoms with Crippen molar-refractivity contribution in [1.82, 2.24) is 5.43 Å². The summed E-state index contributed by atoms with van der Waals surface area (Å²) >= 11 is 0. The molecule has 2 aromatic rings. The molecular weight excluding hydrogens is 260 g/mol. The first kappa shape index (κ1) is 14.1. The Morgan fingerprint density at radius 1 is 1.10 bits per heavy atom. The molecule has 0 aromatic heterocycles. The summed E-state index contributed by atoms with van der Waals surface area (Å²) in [5.41, 5.74) is 6.79. The Hall–Kier alpha value is -1.84. The number of ether oxygens (including phenoxy) is 1. The SMILES string of the molecule is NNC(CCc1ccccc1)c1cccc2c1OCCC2. The van der Waals surface area contributed by atoms with Crippen LogP contribution in [0.25, 0.3) is 0 Å². The van der Waals surface area contributed by atoms with E-state index in [1.807, 2.05) is 6.07 Å². The average Bonchev–Trinajstić information content (AvgIpc) is 2.56. The van der Waals surface area contributed by atoms with Crippen molar-refractivity contribution in [2.45, 2.75) is 31.7 Å². The monoisotopic (exact) mass is 282 g/mol. The molecule has 0 amide bonds. The fraction of sp³-hybridized carbons (Fsp3) is 0.333. The summed E-state index contributed by atoms with van der Waals surface area (Å²) in [4.78, 5) is 0. The third-order valence-corrected chi connectivity index (χ3v) is 4.10. The number of nitrogens with one attached hydrogen (secondary N) is 1. The maximum absolute atomic E-state index is 5.89. The van der Waals surface area contributed by atoms with Crippen molar-refractivity contribution in [3.8, 4) is 5.75 Å². The van der Waals surface area contributed by atoms with E-state index in [4.69, 9.17) is 10.6 Å². The van der Waals surface area contributed by atoms with Gasteiger partial charge in [-0.15, -0.1) is 0 Å². The number of hydrogen-bond acceptors (Lipinski definition) is 3. The molecule has 2 aromatic carbocycles. The van der Waals surface area contributed by atoms with Crippen LogP contribution in [-0.2, 0) is 12.8 Å². The number of fused-ring (bicyclic) bond motifs is 1. The largest absolute Gasteiger partial charge is 0.493 e. The fourth-order valence-electron chi connectivity index (χ4n) is 2.97. The number of hydrogen-bond donors (Lipinski definition) is 2. The van der Waals surface area contributed by atoms with E-state index in [0.717, 1.165) is 38.0 Å². The zero-order valence-electron chi connectivity index (χ0n) is 12.2. The Morgan fingerprint density at radius 2 is 1.95 bits per heavy atom. The van der Waals surface area contributed by atoms with Crippen LogP contribution in [0.5, 0.6) is 5.75 Å². The van der Waals surface area contributed by atoms with Crippen molar-refractivity contribution >= 4 is 0 Å². The van der Waals surface area contributed by atoms with Crippen molar-refractivity contribution in [2.24, 2.45) is 5.84 Å². The quantitative estimate of drug-likeness (QED) is 0.654. The van der Waals surface area contributed by atoms with Crippen LogP contribution in [0.3, 0.4) is 0 Å². The fourth-order valence-corrected chi connectivity index (χ4v) is 2.97. The predicted octanol–water partition coefficient (Wildman–Crippen LogP) is 3.15. The highest BCUT2D eigenvalue weighted by atomic mass is 16.5. The van der Waals surface area contributed by atoms with Gasteiger partial charge in [-0.1, -0.05) is 48.5 Å². The minimum atomic E-state index is 0.123. The van der Waals surface area contributed by atoms with Crippen LogP contribution in [0.2, 0.25) is 0 Å². The Morgan fingerprint density at radius 3 is 2.76 bits per heavy atom. The van der Waals surface area contributed by atoms with Crippen LogP contribution in [0.15, 0.2) is 48.5 Å². The minimum Gasteiger partial charge on any atom is -0.493 e. The van der Waals surface area contributed by atoms with Crippen molar-refractivity contribution < 1.29 is 4.74 Å². The van der Waals surface area contributed by atoms with E-state index in [9.17, 15) is 0 Å². The molecule has 0 aliphatic carbocycles. The third-order valence-electron chi connectivity index (χ3n) is 4.10. The zero-order valence-corrected chi connectivity index (χ0v) is 12.2. The van der Waals surface area contributed by atoms with Gasteiger partial charge in [0.15, 0.2) is 0 Å². The molecule has 1 aliphatic rings. The number of nitrogens with two attached hydrogens (primary N) is 1. The Kier molecular flexibility index (Phi) is 4.53. The van der Waals surface area contributed by atoms with Crippen LogP contribution in [0, 0.1) is 0 Å². The highest BCUT2D eigenvalue weighted by Gasteiger charge is 2.20. The van der Waals surface area contributed by atoms with Gasteiger partial charge in [-0.25, -0.2) is 0 Å². The molecule has 0 fully saturated rings. The summed E-state index contributed by atoms with van der Waals surface area (Å²) in [5.74, 6) is 6.84. The lowest BCUT2D eigenvalue weighted by Crippen LogP contribution is -2.29. The van der Waals surface area contributed by atoms with Crippen molar-refractivity contribution in [1.29, 1.82) is 0 Å². The van der Waals surface area contributed by atoms with Gasteiger partial charge in [0.2, 0.25) is 0 Å². The first-order chi connectivity index (χ1) is 10.4. The predicted molar refractivity (Wildman–Crippen MR) is 85.1 cm³/mol. The van der Waals surface area contributed by atoms with Crippen LogP contribution in [0.4, 0.5) is 0 Å². The van der Waals surface area contributed by atoms with E-state index in [-0.39, 0.29) is 6.04 Å². The second-order valence-electron chi connectivity index (χ2n) is 5.53. The summed E-state index contributed by atoms with van der Waals surface area (Å²) in [5, 5.41) is 0.